The second-order valence-corrected chi connectivity index (χ2v) is 7.30. The first-order chi connectivity index (χ1) is 14.2. The van der Waals surface area contributed by atoms with Crippen molar-refractivity contribution in [1.82, 2.24) is 10.6 Å². The zero-order valence-corrected chi connectivity index (χ0v) is 17.3. The fourth-order valence-electron chi connectivity index (χ4n) is 2.52. The number of hydrogen-bond donors (Lipinski definition) is 2. The maximum atomic E-state index is 12.2. The summed E-state index contributed by atoms with van der Waals surface area (Å²) in [5, 5.41) is 14.2. The van der Waals surface area contributed by atoms with Gasteiger partial charge in [0.05, 0.1) is 6.07 Å². The molecular weight excluding hydrogens is 382 g/mol. The Morgan fingerprint density at radius 1 is 1.03 bits per heavy atom. The highest BCUT2D eigenvalue weighted by molar-refractivity contribution is 5.96. The molecule has 30 heavy (non-hydrogen) atoms. The number of carbonyl (C=O) groups is 3. The molecule has 0 aliphatic heterocycles. The van der Waals surface area contributed by atoms with E-state index in [0.717, 1.165) is 11.1 Å². The van der Waals surface area contributed by atoms with Crippen LogP contribution in [0.2, 0.25) is 0 Å². The van der Waals surface area contributed by atoms with Gasteiger partial charge in [-0.2, -0.15) is 5.26 Å². The predicted molar refractivity (Wildman–Crippen MR) is 112 cm³/mol. The smallest absolute Gasteiger partial charge is 0.325 e. The summed E-state index contributed by atoms with van der Waals surface area (Å²) in [5.74, 6) is -1.87. The molecule has 2 rings (SSSR count). The van der Waals surface area contributed by atoms with Crippen LogP contribution in [0.25, 0.3) is 11.1 Å². The van der Waals surface area contributed by atoms with Crippen molar-refractivity contribution in [2.45, 2.75) is 26.3 Å². The molecule has 0 fully saturated rings. The van der Waals surface area contributed by atoms with E-state index < -0.39 is 29.9 Å². The summed E-state index contributed by atoms with van der Waals surface area (Å²) in [6.07, 6.45) is 0. The van der Waals surface area contributed by atoms with Crippen molar-refractivity contribution in [2.75, 3.05) is 13.2 Å². The van der Waals surface area contributed by atoms with E-state index in [-0.39, 0.29) is 12.5 Å². The first-order valence-corrected chi connectivity index (χ1v) is 9.56. The monoisotopic (exact) mass is 407 g/mol. The van der Waals surface area contributed by atoms with Gasteiger partial charge in [-0.25, -0.2) is 0 Å². The minimum atomic E-state index is -1.05. The summed E-state index contributed by atoms with van der Waals surface area (Å²) in [4.78, 5) is 35.9. The summed E-state index contributed by atoms with van der Waals surface area (Å²) in [6.45, 7) is 4.31. The zero-order chi connectivity index (χ0) is 22.1. The summed E-state index contributed by atoms with van der Waals surface area (Å²) in [6, 6.07) is 18.8. The fraction of sp³-hybridized carbons (Fsp3) is 0.304. The Hall–Kier alpha value is -3.66. The largest absolute Gasteiger partial charge is 0.454 e. The highest BCUT2D eigenvalue weighted by Gasteiger charge is 2.30. The van der Waals surface area contributed by atoms with Crippen LogP contribution in [-0.2, 0) is 14.3 Å². The highest BCUT2D eigenvalue weighted by Crippen LogP contribution is 2.19. The Bertz CT molecular complexity index is 933. The number of nitrogens with zero attached hydrogens (tertiary/aromatic N) is 1. The second-order valence-electron chi connectivity index (χ2n) is 7.30. The molecule has 2 amide bonds. The van der Waals surface area contributed by atoms with Crippen molar-refractivity contribution in [3.05, 3.63) is 60.2 Å². The van der Waals surface area contributed by atoms with Crippen molar-refractivity contribution >= 4 is 17.8 Å². The van der Waals surface area contributed by atoms with E-state index >= 15 is 0 Å². The van der Waals surface area contributed by atoms with Gasteiger partial charge in [-0.1, -0.05) is 56.3 Å². The van der Waals surface area contributed by atoms with E-state index in [1.54, 1.807) is 32.9 Å². The van der Waals surface area contributed by atoms with Gasteiger partial charge >= 0.3 is 5.97 Å². The third kappa shape index (κ3) is 6.17. The molecule has 0 saturated heterocycles. The van der Waals surface area contributed by atoms with Crippen molar-refractivity contribution in [3.63, 3.8) is 0 Å². The molecule has 0 spiro atoms. The Balaban J connectivity index is 1.80. The first kappa shape index (κ1) is 22.6. The fourth-order valence-corrected chi connectivity index (χ4v) is 2.52. The van der Waals surface area contributed by atoms with Crippen LogP contribution in [0.4, 0.5) is 0 Å². The topological polar surface area (TPSA) is 108 Å². The van der Waals surface area contributed by atoms with Crippen LogP contribution in [0, 0.1) is 17.2 Å². The summed E-state index contributed by atoms with van der Waals surface area (Å²) >= 11 is 0. The van der Waals surface area contributed by atoms with Crippen molar-refractivity contribution in [2.24, 2.45) is 5.92 Å². The lowest BCUT2D eigenvalue weighted by atomic mass is 9.90. The molecule has 1 atom stereocenters. The lowest BCUT2D eigenvalue weighted by Gasteiger charge is -2.27. The van der Waals surface area contributed by atoms with Gasteiger partial charge in [0.25, 0.3) is 11.8 Å². The van der Waals surface area contributed by atoms with Gasteiger partial charge < -0.3 is 15.4 Å². The quantitative estimate of drug-likeness (QED) is 0.654. The van der Waals surface area contributed by atoms with E-state index in [1.807, 2.05) is 48.5 Å². The van der Waals surface area contributed by atoms with Gasteiger partial charge in [0.1, 0.15) is 12.1 Å². The van der Waals surface area contributed by atoms with Crippen LogP contribution in [0.3, 0.4) is 0 Å². The average Bonchev–Trinajstić information content (AvgIpc) is 2.76. The molecule has 0 radical (unpaired) electrons. The Morgan fingerprint density at radius 3 is 2.20 bits per heavy atom. The number of hydrogen-bond acceptors (Lipinski definition) is 5. The highest BCUT2D eigenvalue weighted by atomic mass is 16.5. The second kappa shape index (κ2) is 10.2. The van der Waals surface area contributed by atoms with Crippen LogP contribution < -0.4 is 10.6 Å². The lowest BCUT2D eigenvalue weighted by molar-refractivity contribution is -0.147. The van der Waals surface area contributed by atoms with Gasteiger partial charge in [-0.3, -0.25) is 14.4 Å². The number of nitrogens with one attached hydrogen (secondary N) is 2. The first-order valence-electron chi connectivity index (χ1n) is 9.56. The minimum Gasteiger partial charge on any atom is -0.454 e. The molecule has 2 N–H and O–H groups in total. The molecule has 0 aliphatic carbocycles. The van der Waals surface area contributed by atoms with E-state index in [2.05, 4.69) is 10.6 Å². The summed E-state index contributed by atoms with van der Waals surface area (Å²) in [7, 11) is 0. The van der Waals surface area contributed by atoms with Crippen LogP contribution in [0.15, 0.2) is 54.6 Å². The Morgan fingerprint density at radius 2 is 1.63 bits per heavy atom. The number of rotatable bonds is 8. The lowest BCUT2D eigenvalue weighted by Crippen LogP contribution is -2.50. The third-order valence-corrected chi connectivity index (χ3v) is 4.80. The number of benzene rings is 2. The molecule has 0 aromatic heterocycles. The van der Waals surface area contributed by atoms with E-state index in [4.69, 9.17) is 4.74 Å². The third-order valence-electron chi connectivity index (χ3n) is 4.80. The maximum Gasteiger partial charge on any atom is 0.325 e. The number of carbonyl (C=O) groups excluding carboxylic acids is 3. The van der Waals surface area contributed by atoms with E-state index in [1.165, 1.54) is 0 Å². The van der Waals surface area contributed by atoms with Gasteiger partial charge in [0.15, 0.2) is 6.61 Å². The number of ether oxygens (including phenoxy) is 1. The molecule has 2 aromatic carbocycles. The number of nitriles is 1. The average molecular weight is 407 g/mol. The van der Waals surface area contributed by atoms with Gasteiger partial charge in [-0.05, 0) is 36.1 Å². The Kier molecular flexibility index (Phi) is 7.70. The van der Waals surface area contributed by atoms with Crippen LogP contribution in [-0.4, -0.2) is 36.5 Å². The maximum absolute atomic E-state index is 12.2. The van der Waals surface area contributed by atoms with E-state index in [0.29, 0.717) is 5.56 Å². The molecule has 0 bridgehead atoms. The van der Waals surface area contributed by atoms with Crippen molar-refractivity contribution < 1.29 is 19.1 Å². The SMILES string of the molecule is CC(C)[C@](C)(C#N)NC(=O)COC(=O)CNC(=O)c1ccc(-c2ccccc2)cc1. The molecule has 7 nitrogen and oxygen atoms in total. The molecule has 0 aliphatic rings. The van der Waals surface area contributed by atoms with E-state index in [9.17, 15) is 19.6 Å². The molecule has 7 heteroatoms. The number of esters is 1. The zero-order valence-electron chi connectivity index (χ0n) is 17.3. The van der Waals surface area contributed by atoms with Gasteiger partial charge in [0.2, 0.25) is 0 Å². The standard InChI is InChI=1S/C23H25N3O4/c1-16(2)23(3,15-24)26-20(27)14-30-21(28)13-25-22(29)19-11-9-18(10-12-19)17-7-5-4-6-8-17/h4-12,16H,13-14H2,1-3H3,(H,25,29)(H,26,27)/t23-/m0/s1. The molecular formula is C23H25N3O4. The minimum absolute atomic E-state index is 0.116. The predicted octanol–water partition coefficient (Wildman–Crippen LogP) is 2.68. The van der Waals surface area contributed by atoms with Gasteiger partial charge in [-0.15, -0.1) is 0 Å². The summed E-state index contributed by atoms with van der Waals surface area (Å²) < 4.78 is 4.86. The number of amides is 2. The normalized spacial score (nSPS) is 12.4. The van der Waals surface area contributed by atoms with Crippen LogP contribution >= 0.6 is 0 Å². The van der Waals surface area contributed by atoms with Crippen molar-refractivity contribution in [3.8, 4) is 17.2 Å². The summed E-state index contributed by atoms with van der Waals surface area (Å²) in [5.41, 5.74) is 1.37. The molecule has 0 unspecified atom stereocenters. The van der Waals surface area contributed by atoms with Crippen molar-refractivity contribution in [1.29, 1.82) is 5.26 Å². The van der Waals surface area contributed by atoms with Gasteiger partial charge in [0, 0.05) is 5.56 Å². The molecule has 156 valence electrons. The molecule has 0 heterocycles. The molecule has 0 saturated carbocycles. The molecule has 2 aromatic rings. The van der Waals surface area contributed by atoms with Crippen LogP contribution in [0.5, 0.6) is 0 Å². The van der Waals surface area contributed by atoms with Crippen LogP contribution in [0.1, 0.15) is 31.1 Å². The Labute approximate surface area is 176 Å².